The quantitative estimate of drug-likeness (QED) is 0.598. The first-order valence-corrected chi connectivity index (χ1v) is 5.58. The Hall–Kier alpha value is -2.88. The second kappa shape index (κ2) is 5.64. The minimum atomic E-state index is -0.282. The molecule has 0 bridgehead atoms. The number of aromatic nitrogens is 3. The van der Waals surface area contributed by atoms with Crippen molar-refractivity contribution in [2.24, 2.45) is 0 Å². The summed E-state index contributed by atoms with van der Waals surface area (Å²) in [7, 11) is 0. The maximum Gasteiger partial charge on any atom is 0.242 e. The number of benzene rings is 1. The van der Waals surface area contributed by atoms with Gasteiger partial charge in [0.15, 0.2) is 5.82 Å². The van der Waals surface area contributed by atoms with Gasteiger partial charge in [0.1, 0.15) is 19.4 Å². The van der Waals surface area contributed by atoms with Gasteiger partial charge in [-0.05, 0) is 24.3 Å². The first-order chi connectivity index (χ1) is 9.19. The highest BCUT2D eigenvalue weighted by atomic mass is 16.2. The third kappa shape index (κ3) is 3.29. The van der Waals surface area contributed by atoms with Crippen LogP contribution in [-0.4, -0.2) is 27.2 Å². The number of carbonyl (C=O) groups is 1. The second-order valence-electron chi connectivity index (χ2n) is 3.82. The number of nitrogens with one attached hydrogen (secondary N) is 1. The number of nitriles is 1. The van der Waals surface area contributed by atoms with Crippen LogP contribution in [0.1, 0.15) is 0 Å². The lowest BCUT2D eigenvalue weighted by Gasteiger charge is -2.00. The van der Waals surface area contributed by atoms with Crippen LogP contribution in [0.25, 0.3) is 11.4 Å². The Morgan fingerprint density at radius 1 is 1.42 bits per heavy atom. The van der Waals surface area contributed by atoms with Gasteiger partial charge in [0.2, 0.25) is 5.91 Å². The lowest BCUT2D eigenvalue weighted by atomic mass is 10.2. The SMILES string of the molecule is N#CCNC(=O)Cn1cnc(-c2ccc(N)cc2)n1. The lowest BCUT2D eigenvalue weighted by molar-refractivity contribution is -0.121. The Morgan fingerprint density at radius 2 is 2.16 bits per heavy atom. The fourth-order valence-electron chi connectivity index (χ4n) is 1.48. The van der Waals surface area contributed by atoms with Crippen LogP contribution in [0, 0.1) is 11.3 Å². The number of hydrogen-bond donors (Lipinski definition) is 2. The zero-order chi connectivity index (χ0) is 13.7. The molecular weight excluding hydrogens is 244 g/mol. The molecule has 7 heteroatoms. The van der Waals surface area contributed by atoms with Crippen molar-refractivity contribution in [3.63, 3.8) is 0 Å². The zero-order valence-corrected chi connectivity index (χ0v) is 10.1. The molecule has 1 amide bonds. The number of carbonyl (C=O) groups excluding carboxylic acids is 1. The molecule has 0 aliphatic rings. The van der Waals surface area contributed by atoms with E-state index in [2.05, 4.69) is 15.4 Å². The van der Waals surface area contributed by atoms with Gasteiger partial charge in [0.25, 0.3) is 0 Å². The summed E-state index contributed by atoms with van der Waals surface area (Å²) in [4.78, 5) is 15.5. The van der Waals surface area contributed by atoms with Crippen molar-refractivity contribution in [1.82, 2.24) is 20.1 Å². The van der Waals surface area contributed by atoms with E-state index in [9.17, 15) is 4.79 Å². The van der Waals surface area contributed by atoms with Crippen LogP contribution >= 0.6 is 0 Å². The van der Waals surface area contributed by atoms with E-state index in [-0.39, 0.29) is 19.0 Å². The summed E-state index contributed by atoms with van der Waals surface area (Å²) in [6.45, 7) is 0.0159. The third-order valence-electron chi connectivity index (χ3n) is 2.38. The molecule has 2 rings (SSSR count). The van der Waals surface area contributed by atoms with E-state index in [1.807, 2.05) is 18.2 Å². The molecule has 19 heavy (non-hydrogen) atoms. The van der Waals surface area contributed by atoms with Crippen molar-refractivity contribution in [2.45, 2.75) is 6.54 Å². The summed E-state index contributed by atoms with van der Waals surface area (Å²) >= 11 is 0. The van der Waals surface area contributed by atoms with Gasteiger partial charge in [0.05, 0.1) is 6.07 Å². The monoisotopic (exact) mass is 256 g/mol. The smallest absolute Gasteiger partial charge is 0.242 e. The Bertz CT molecular complexity index is 610. The molecule has 0 unspecified atom stereocenters. The van der Waals surface area contributed by atoms with E-state index in [1.165, 1.54) is 11.0 Å². The van der Waals surface area contributed by atoms with Crippen molar-refractivity contribution in [3.8, 4) is 17.5 Å². The predicted molar refractivity (Wildman–Crippen MR) is 68.5 cm³/mol. The minimum absolute atomic E-state index is 0.0155. The Balaban J connectivity index is 2.05. The minimum Gasteiger partial charge on any atom is -0.399 e. The third-order valence-corrected chi connectivity index (χ3v) is 2.38. The van der Waals surface area contributed by atoms with Crippen LogP contribution in [0.5, 0.6) is 0 Å². The van der Waals surface area contributed by atoms with Gasteiger partial charge in [0, 0.05) is 11.3 Å². The largest absolute Gasteiger partial charge is 0.399 e. The number of nitrogens with zero attached hydrogens (tertiary/aromatic N) is 4. The van der Waals surface area contributed by atoms with Crippen molar-refractivity contribution in [3.05, 3.63) is 30.6 Å². The fraction of sp³-hybridized carbons (Fsp3) is 0.167. The molecule has 96 valence electrons. The first-order valence-electron chi connectivity index (χ1n) is 5.58. The van der Waals surface area contributed by atoms with Gasteiger partial charge in [-0.15, -0.1) is 0 Å². The Kier molecular flexibility index (Phi) is 3.73. The molecule has 0 atom stereocenters. The maximum absolute atomic E-state index is 11.4. The van der Waals surface area contributed by atoms with Gasteiger partial charge in [-0.1, -0.05) is 0 Å². The summed E-state index contributed by atoms with van der Waals surface area (Å²) in [5.74, 6) is 0.239. The molecule has 0 spiro atoms. The van der Waals surface area contributed by atoms with Crippen molar-refractivity contribution >= 4 is 11.6 Å². The van der Waals surface area contributed by atoms with Crippen molar-refractivity contribution in [1.29, 1.82) is 5.26 Å². The molecule has 7 nitrogen and oxygen atoms in total. The second-order valence-corrected chi connectivity index (χ2v) is 3.82. The average Bonchev–Trinajstić information content (AvgIpc) is 2.85. The standard InChI is InChI=1S/C12H12N6O/c13-5-6-15-11(19)7-18-8-16-12(17-18)9-1-3-10(14)4-2-9/h1-4,8H,6-7,14H2,(H,15,19). The summed E-state index contributed by atoms with van der Waals surface area (Å²) in [6.07, 6.45) is 1.47. The molecule has 0 radical (unpaired) electrons. The normalized spacial score (nSPS) is 9.84. The molecule has 0 fully saturated rings. The zero-order valence-electron chi connectivity index (χ0n) is 10.1. The van der Waals surface area contributed by atoms with Crippen molar-refractivity contribution in [2.75, 3.05) is 12.3 Å². The van der Waals surface area contributed by atoms with E-state index >= 15 is 0 Å². The highest BCUT2D eigenvalue weighted by Crippen LogP contribution is 2.15. The van der Waals surface area contributed by atoms with E-state index in [1.54, 1.807) is 12.1 Å². The van der Waals surface area contributed by atoms with Gasteiger partial charge in [-0.2, -0.15) is 10.4 Å². The van der Waals surface area contributed by atoms with Crippen LogP contribution in [0.4, 0.5) is 5.69 Å². The highest BCUT2D eigenvalue weighted by Gasteiger charge is 2.07. The summed E-state index contributed by atoms with van der Waals surface area (Å²) in [6, 6.07) is 8.97. The van der Waals surface area contributed by atoms with Gasteiger partial charge in [-0.3, -0.25) is 4.79 Å². The first kappa shape index (κ1) is 12.6. The Morgan fingerprint density at radius 3 is 2.84 bits per heavy atom. The molecule has 1 aromatic heterocycles. The predicted octanol–water partition coefficient (Wildman–Crippen LogP) is 0.167. The number of amides is 1. The van der Waals surface area contributed by atoms with Crippen LogP contribution in [0.2, 0.25) is 0 Å². The van der Waals surface area contributed by atoms with Crippen LogP contribution < -0.4 is 11.1 Å². The molecule has 1 aromatic carbocycles. The van der Waals surface area contributed by atoms with Crippen LogP contribution in [-0.2, 0) is 11.3 Å². The van der Waals surface area contributed by atoms with Gasteiger partial charge >= 0.3 is 0 Å². The molecule has 3 N–H and O–H groups in total. The molecule has 1 heterocycles. The number of rotatable bonds is 4. The van der Waals surface area contributed by atoms with Gasteiger partial charge in [-0.25, -0.2) is 9.67 Å². The summed E-state index contributed by atoms with van der Waals surface area (Å²) in [5, 5.41) is 15.0. The molecule has 0 saturated carbocycles. The maximum atomic E-state index is 11.4. The summed E-state index contributed by atoms with van der Waals surface area (Å²) < 4.78 is 1.42. The van der Waals surface area contributed by atoms with Crippen LogP contribution in [0.3, 0.4) is 0 Å². The molecular formula is C12H12N6O. The fourth-order valence-corrected chi connectivity index (χ4v) is 1.48. The van der Waals surface area contributed by atoms with Crippen molar-refractivity contribution < 1.29 is 4.79 Å². The number of nitrogen functional groups attached to an aromatic ring is 1. The highest BCUT2D eigenvalue weighted by molar-refractivity contribution is 5.75. The van der Waals surface area contributed by atoms with E-state index in [0.717, 1.165) is 5.56 Å². The molecule has 2 aromatic rings. The number of anilines is 1. The topological polar surface area (TPSA) is 110 Å². The Labute approximate surface area is 109 Å². The average molecular weight is 256 g/mol. The molecule has 0 saturated heterocycles. The summed E-state index contributed by atoms with van der Waals surface area (Å²) in [5.41, 5.74) is 7.09. The number of nitrogens with two attached hydrogens (primary N) is 1. The lowest BCUT2D eigenvalue weighted by Crippen LogP contribution is -2.27. The molecule has 0 aliphatic heterocycles. The molecule has 0 aliphatic carbocycles. The van der Waals surface area contributed by atoms with E-state index in [0.29, 0.717) is 11.5 Å². The number of hydrogen-bond acceptors (Lipinski definition) is 5. The van der Waals surface area contributed by atoms with E-state index < -0.39 is 0 Å². The van der Waals surface area contributed by atoms with E-state index in [4.69, 9.17) is 11.0 Å². The van der Waals surface area contributed by atoms with Crippen LogP contribution in [0.15, 0.2) is 30.6 Å². The van der Waals surface area contributed by atoms with Gasteiger partial charge < -0.3 is 11.1 Å².